The van der Waals surface area contributed by atoms with Crippen molar-refractivity contribution in [1.29, 1.82) is 0 Å². The van der Waals surface area contributed by atoms with Crippen LogP contribution in [0.5, 0.6) is 0 Å². The van der Waals surface area contributed by atoms with Crippen LogP contribution in [0.25, 0.3) is 0 Å². The lowest BCUT2D eigenvalue weighted by atomic mass is 9.83. The third-order valence-electron chi connectivity index (χ3n) is 6.24. The summed E-state index contributed by atoms with van der Waals surface area (Å²) in [6.07, 6.45) is 9.98. The maximum Gasteiger partial charge on any atom is 0.220 e. The van der Waals surface area contributed by atoms with Crippen molar-refractivity contribution in [3.05, 3.63) is 0 Å². The van der Waals surface area contributed by atoms with Crippen LogP contribution in [-0.2, 0) is 19.1 Å². The summed E-state index contributed by atoms with van der Waals surface area (Å²) in [5.74, 6) is 2.03. The average molecular weight is 382 g/mol. The number of ether oxygens (including phenoxy) is 2. The van der Waals surface area contributed by atoms with E-state index in [9.17, 15) is 9.59 Å². The molecule has 2 rings (SSSR count). The fourth-order valence-electron chi connectivity index (χ4n) is 4.38. The van der Waals surface area contributed by atoms with E-state index < -0.39 is 0 Å². The molecule has 27 heavy (non-hydrogen) atoms. The Hall–Kier alpha value is -0.940. The lowest BCUT2D eigenvalue weighted by molar-refractivity contribution is -0.123. The lowest BCUT2D eigenvalue weighted by Crippen LogP contribution is -2.38. The van der Waals surface area contributed by atoms with Gasteiger partial charge in [-0.1, -0.05) is 0 Å². The summed E-state index contributed by atoms with van der Waals surface area (Å²) in [6, 6.07) is 0.251. The smallest absolute Gasteiger partial charge is 0.220 e. The van der Waals surface area contributed by atoms with E-state index >= 15 is 0 Å². The number of carbonyl (C=O) groups excluding carboxylic acids is 2. The van der Waals surface area contributed by atoms with Crippen LogP contribution < -0.4 is 5.32 Å². The molecule has 2 aliphatic rings. The second-order valence-electron chi connectivity index (χ2n) is 8.45. The van der Waals surface area contributed by atoms with Crippen molar-refractivity contribution in [2.24, 2.45) is 17.8 Å². The Morgan fingerprint density at radius 1 is 0.889 bits per heavy atom. The van der Waals surface area contributed by atoms with Gasteiger partial charge in [0, 0.05) is 44.8 Å². The molecular formula is C22H39NO4. The van der Waals surface area contributed by atoms with Gasteiger partial charge in [0.2, 0.25) is 5.91 Å². The Morgan fingerprint density at radius 2 is 1.48 bits per heavy atom. The minimum Gasteiger partial charge on any atom is -0.381 e. The fraction of sp³-hybridized carbons (Fsp3) is 0.909. The Balaban J connectivity index is 1.45. The molecule has 0 aromatic carbocycles. The van der Waals surface area contributed by atoms with E-state index in [0.29, 0.717) is 24.7 Å². The molecule has 1 N–H and O–H groups in total. The van der Waals surface area contributed by atoms with Gasteiger partial charge in [-0.05, 0) is 83.5 Å². The molecule has 0 heterocycles. The molecule has 0 spiro atoms. The normalized spacial score (nSPS) is 28.7. The van der Waals surface area contributed by atoms with Crippen molar-refractivity contribution in [2.45, 2.75) is 84.1 Å². The monoisotopic (exact) mass is 381 g/mol. The van der Waals surface area contributed by atoms with Gasteiger partial charge in [-0.3, -0.25) is 9.59 Å². The van der Waals surface area contributed by atoms with Gasteiger partial charge in [0.05, 0.1) is 0 Å². The fourth-order valence-corrected chi connectivity index (χ4v) is 4.38. The Kier molecular flexibility index (Phi) is 10.4. The second kappa shape index (κ2) is 12.5. The summed E-state index contributed by atoms with van der Waals surface area (Å²) in [4.78, 5) is 23.5. The predicted octanol–water partition coefficient (Wildman–Crippen LogP) is 3.89. The molecule has 2 aliphatic carbocycles. The molecule has 0 bridgehead atoms. The first-order valence-electron chi connectivity index (χ1n) is 11.0. The van der Waals surface area contributed by atoms with Crippen LogP contribution in [0.1, 0.15) is 78.1 Å². The third-order valence-corrected chi connectivity index (χ3v) is 6.24. The van der Waals surface area contributed by atoms with E-state index in [0.717, 1.165) is 57.8 Å². The lowest BCUT2D eigenvalue weighted by Gasteiger charge is -2.28. The molecular weight excluding hydrogens is 342 g/mol. The molecule has 2 saturated carbocycles. The molecule has 5 nitrogen and oxygen atoms in total. The summed E-state index contributed by atoms with van der Waals surface area (Å²) in [5.41, 5.74) is 0. The van der Waals surface area contributed by atoms with Gasteiger partial charge in [-0.25, -0.2) is 0 Å². The van der Waals surface area contributed by atoms with Crippen LogP contribution in [0.3, 0.4) is 0 Å². The van der Waals surface area contributed by atoms with E-state index in [2.05, 4.69) is 12.2 Å². The molecule has 0 atom stereocenters. The molecule has 0 aliphatic heterocycles. The van der Waals surface area contributed by atoms with Gasteiger partial charge < -0.3 is 14.8 Å². The summed E-state index contributed by atoms with van der Waals surface area (Å²) in [6.45, 7) is 6.96. The van der Waals surface area contributed by atoms with Crippen molar-refractivity contribution in [3.8, 4) is 0 Å². The van der Waals surface area contributed by atoms with E-state index in [-0.39, 0.29) is 17.9 Å². The van der Waals surface area contributed by atoms with Gasteiger partial charge in [0.1, 0.15) is 5.78 Å². The van der Waals surface area contributed by atoms with Gasteiger partial charge in [-0.2, -0.15) is 0 Å². The molecule has 0 radical (unpaired) electrons. The van der Waals surface area contributed by atoms with Gasteiger partial charge >= 0.3 is 0 Å². The van der Waals surface area contributed by atoms with Crippen molar-refractivity contribution in [3.63, 3.8) is 0 Å². The van der Waals surface area contributed by atoms with Crippen LogP contribution >= 0.6 is 0 Å². The van der Waals surface area contributed by atoms with Gasteiger partial charge in [-0.15, -0.1) is 0 Å². The SMILES string of the molecule is CCOCC1CCC(COCCCC(=O)NC2CCC(C(C)=O)CC2)CC1. The van der Waals surface area contributed by atoms with E-state index in [1.54, 1.807) is 6.92 Å². The van der Waals surface area contributed by atoms with E-state index in [4.69, 9.17) is 9.47 Å². The first kappa shape index (κ1) is 22.4. The summed E-state index contributed by atoms with van der Waals surface area (Å²) in [7, 11) is 0. The van der Waals surface area contributed by atoms with Gasteiger partial charge in [0.25, 0.3) is 0 Å². The van der Waals surface area contributed by atoms with Crippen LogP contribution in [0.4, 0.5) is 0 Å². The third kappa shape index (κ3) is 8.73. The van der Waals surface area contributed by atoms with E-state index in [1.807, 2.05) is 0 Å². The zero-order valence-corrected chi connectivity index (χ0v) is 17.3. The summed E-state index contributed by atoms with van der Waals surface area (Å²) >= 11 is 0. The largest absolute Gasteiger partial charge is 0.381 e. The van der Waals surface area contributed by atoms with Crippen molar-refractivity contribution >= 4 is 11.7 Å². The molecule has 156 valence electrons. The number of nitrogens with one attached hydrogen (secondary N) is 1. The molecule has 2 fully saturated rings. The van der Waals surface area contributed by atoms with Crippen molar-refractivity contribution in [2.75, 3.05) is 26.4 Å². The second-order valence-corrected chi connectivity index (χ2v) is 8.45. The minimum absolute atomic E-state index is 0.126. The zero-order chi connectivity index (χ0) is 19.5. The number of ketones is 1. The Morgan fingerprint density at radius 3 is 2.04 bits per heavy atom. The molecule has 5 heteroatoms. The maximum atomic E-state index is 12.1. The molecule has 0 saturated heterocycles. The highest BCUT2D eigenvalue weighted by Crippen LogP contribution is 2.29. The molecule has 0 aromatic rings. The zero-order valence-electron chi connectivity index (χ0n) is 17.3. The van der Waals surface area contributed by atoms with Crippen LogP contribution in [0.2, 0.25) is 0 Å². The van der Waals surface area contributed by atoms with Gasteiger partial charge in [0.15, 0.2) is 0 Å². The summed E-state index contributed by atoms with van der Waals surface area (Å²) in [5, 5.41) is 3.12. The molecule has 0 aromatic heterocycles. The first-order valence-corrected chi connectivity index (χ1v) is 11.0. The average Bonchev–Trinajstić information content (AvgIpc) is 2.67. The maximum absolute atomic E-state index is 12.1. The number of rotatable bonds is 11. The van der Waals surface area contributed by atoms with Crippen molar-refractivity contribution < 1.29 is 19.1 Å². The molecule has 0 unspecified atom stereocenters. The number of carbonyl (C=O) groups is 2. The quantitative estimate of drug-likeness (QED) is 0.552. The number of hydrogen-bond donors (Lipinski definition) is 1. The Labute approximate surface area is 164 Å². The highest BCUT2D eigenvalue weighted by molar-refractivity contribution is 5.78. The first-order chi connectivity index (χ1) is 13.1. The Bertz CT molecular complexity index is 438. The minimum atomic E-state index is 0.126. The number of amides is 1. The number of Topliss-reactive ketones (excluding diaryl/α,β-unsaturated/α-hetero) is 1. The summed E-state index contributed by atoms with van der Waals surface area (Å²) < 4.78 is 11.4. The van der Waals surface area contributed by atoms with Crippen molar-refractivity contribution in [1.82, 2.24) is 5.32 Å². The van der Waals surface area contributed by atoms with Crippen LogP contribution in [0.15, 0.2) is 0 Å². The highest BCUT2D eigenvalue weighted by atomic mass is 16.5. The standard InChI is InChI=1S/C22H39NO4/c1-3-26-15-18-6-8-19(9-7-18)16-27-14-4-5-22(25)23-21-12-10-20(11-13-21)17(2)24/h18-21H,3-16H2,1-2H3,(H,23,25). The van der Waals surface area contributed by atoms with Crippen LogP contribution in [0, 0.1) is 17.8 Å². The van der Waals surface area contributed by atoms with Crippen LogP contribution in [-0.4, -0.2) is 44.2 Å². The van der Waals surface area contributed by atoms with E-state index in [1.165, 1.54) is 25.7 Å². The number of hydrogen-bond acceptors (Lipinski definition) is 4. The topological polar surface area (TPSA) is 64.6 Å². The predicted molar refractivity (Wildman–Crippen MR) is 107 cm³/mol. The highest BCUT2D eigenvalue weighted by Gasteiger charge is 2.25. The molecule has 1 amide bonds.